The Labute approximate surface area is 153 Å². The lowest BCUT2D eigenvalue weighted by Crippen LogP contribution is -2.26. The number of carbonyl (C=O) groups is 2. The second-order valence-electron chi connectivity index (χ2n) is 5.69. The number of ether oxygens (including phenoxy) is 3. The van der Waals surface area contributed by atoms with Crippen molar-refractivity contribution in [2.75, 3.05) is 19.0 Å². The minimum atomic E-state index is -0.716. The highest BCUT2D eigenvalue weighted by atomic mass is 16.6. The summed E-state index contributed by atoms with van der Waals surface area (Å²) in [4.78, 5) is 24.0. The van der Waals surface area contributed by atoms with E-state index in [1.54, 1.807) is 51.3 Å². The Hall–Kier alpha value is -3.02. The van der Waals surface area contributed by atoms with Gasteiger partial charge in [-0.3, -0.25) is 4.79 Å². The minimum Gasteiger partial charge on any atom is -0.495 e. The van der Waals surface area contributed by atoms with Crippen molar-refractivity contribution in [2.45, 2.75) is 26.9 Å². The number of aryl methyl sites for hydroxylation is 1. The predicted octanol–water partition coefficient (Wildman–Crippen LogP) is 3.59. The SMILES string of the molecule is CCOC(=O)[C@H](C)Oc1ccc(C(=O)Nc2cc(C)ccc2OC)cc1. The Balaban J connectivity index is 2.05. The van der Waals surface area contributed by atoms with Gasteiger partial charge in [-0.15, -0.1) is 0 Å². The minimum absolute atomic E-state index is 0.265. The molecular weight excluding hydrogens is 334 g/mol. The Morgan fingerprint density at radius 2 is 1.81 bits per heavy atom. The van der Waals surface area contributed by atoms with E-state index in [-0.39, 0.29) is 5.91 Å². The van der Waals surface area contributed by atoms with Gasteiger partial charge < -0.3 is 19.5 Å². The lowest BCUT2D eigenvalue weighted by Gasteiger charge is -2.14. The molecule has 2 aromatic rings. The number of hydrogen-bond donors (Lipinski definition) is 1. The fourth-order valence-electron chi connectivity index (χ4n) is 2.31. The van der Waals surface area contributed by atoms with Crippen LogP contribution in [-0.2, 0) is 9.53 Å². The normalized spacial score (nSPS) is 11.4. The lowest BCUT2D eigenvalue weighted by molar-refractivity contribution is -0.150. The average Bonchev–Trinajstić information content (AvgIpc) is 2.62. The van der Waals surface area contributed by atoms with Crippen LogP contribution in [-0.4, -0.2) is 31.7 Å². The van der Waals surface area contributed by atoms with E-state index < -0.39 is 12.1 Å². The molecule has 138 valence electrons. The summed E-state index contributed by atoms with van der Waals surface area (Å²) in [5.74, 6) is 0.377. The summed E-state index contributed by atoms with van der Waals surface area (Å²) in [7, 11) is 1.55. The van der Waals surface area contributed by atoms with E-state index in [2.05, 4.69) is 5.32 Å². The molecule has 2 aromatic carbocycles. The van der Waals surface area contributed by atoms with Crippen molar-refractivity contribution in [1.29, 1.82) is 0 Å². The second-order valence-corrected chi connectivity index (χ2v) is 5.69. The Morgan fingerprint density at radius 1 is 1.12 bits per heavy atom. The molecule has 1 atom stereocenters. The monoisotopic (exact) mass is 357 g/mol. The molecule has 0 heterocycles. The highest BCUT2D eigenvalue weighted by Crippen LogP contribution is 2.26. The average molecular weight is 357 g/mol. The quantitative estimate of drug-likeness (QED) is 0.767. The van der Waals surface area contributed by atoms with E-state index in [9.17, 15) is 9.59 Å². The Kier molecular flexibility index (Phi) is 6.60. The fraction of sp³-hybridized carbons (Fsp3) is 0.300. The van der Waals surface area contributed by atoms with Crippen LogP contribution < -0.4 is 14.8 Å². The molecule has 1 N–H and O–H groups in total. The standard InChI is InChI=1S/C20H23NO5/c1-5-25-20(23)14(3)26-16-9-7-15(8-10-16)19(22)21-17-12-13(2)6-11-18(17)24-4/h6-12,14H,5H2,1-4H3,(H,21,22)/t14-/m0/s1. The van der Waals surface area contributed by atoms with Crippen LogP contribution in [0.25, 0.3) is 0 Å². The van der Waals surface area contributed by atoms with Gasteiger partial charge >= 0.3 is 5.97 Å². The van der Waals surface area contributed by atoms with Crippen molar-refractivity contribution in [3.05, 3.63) is 53.6 Å². The molecule has 0 aliphatic rings. The van der Waals surface area contributed by atoms with E-state index in [1.807, 2.05) is 19.1 Å². The summed E-state index contributed by atoms with van der Waals surface area (Å²) >= 11 is 0. The first kappa shape index (κ1) is 19.3. The second kappa shape index (κ2) is 8.89. The molecule has 0 aromatic heterocycles. The third-order valence-corrected chi connectivity index (χ3v) is 3.65. The molecule has 26 heavy (non-hydrogen) atoms. The number of anilines is 1. The van der Waals surface area contributed by atoms with Gasteiger partial charge in [0, 0.05) is 5.56 Å². The van der Waals surface area contributed by atoms with Crippen LogP contribution >= 0.6 is 0 Å². The molecule has 0 bridgehead atoms. The summed E-state index contributed by atoms with van der Waals surface area (Å²) in [6.45, 7) is 5.59. The molecule has 2 rings (SSSR count). The maximum atomic E-state index is 12.4. The topological polar surface area (TPSA) is 73.9 Å². The Morgan fingerprint density at radius 3 is 2.42 bits per heavy atom. The van der Waals surface area contributed by atoms with Gasteiger partial charge in [-0.2, -0.15) is 0 Å². The van der Waals surface area contributed by atoms with Crippen LogP contribution in [0.1, 0.15) is 29.8 Å². The number of carbonyl (C=O) groups excluding carboxylic acids is 2. The summed E-state index contributed by atoms with van der Waals surface area (Å²) in [6.07, 6.45) is -0.716. The lowest BCUT2D eigenvalue weighted by atomic mass is 10.1. The zero-order valence-electron chi connectivity index (χ0n) is 15.4. The summed E-state index contributed by atoms with van der Waals surface area (Å²) in [6, 6.07) is 12.1. The molecule has 0 radical (unpaired) electrons. The van der Waals surface area contributed by atoms with Crippen LogP contribution in [0.2, 0.25) is 0 Å². The van der Waals surface area contributed by atoms with E-state index in [4.69, 9.17) is 14.2 Å². The van der Waals surface area contributed by atoms with Gasteiger partial charge in [-0.25, -0.2) is 4.79 Å². The van der Waals surface area contributed by atoms with Crippen LogP contribution in [0.15, 0.2) is 42.5 Å². The van der Waals surface area contributed by atoms with Crippen molar-refractivity contribution in [2.24, 2.45) is 0 Å². The number of methoxy groups -OCH3 is 1. The largest absolute Gasteiger partial charge is 0.495 e. The smallest absolute Gasteiger partial charge is 0.347 e. The molecule has 0 spiro atoms. The molecule has 0 unspecified atom stereocenters. The maximum Gasteiger partial charge on any atom is 0.347 e. The van der Waals surface area contributed by atoms with Gasteiger partial charge in [-0.05, 0) is 62.7 Å². The van der Waals surface area contributed by atoms with Gasteiger partial charge in [0.2, 0.25) is 0 Å². The van der Waals surface area contributed by atoms with E-state index in [1.165, 1.54) is 0 Å². The maximum absolute atomic E-state index is 12.4. The van der Waals surface area contributed by atoms with Crippen molar-refractivity contribution >= 4 is 17.6 Å². The molecule has 6 nitrogen and oxygen atoms in total. The fourth-order valence-corrected chi connectivity index (χ4v) is 2.31. The first-order valence-corrected chi connectivity index (χ1v) is 8.34. The third kappa shape index (κ3) is 4.99. The number of rotatable bonds is 7. The zero-order chi connectivity index (χ0) is 19.1. The summed E-state index contributed by atoms with van der Waals surface area (Å²) in [5.41, 5.74) is 2.08. The van der Waals surface area contributed by atoms with Crippen molar-refractivity contribution in [1.82, 2.24) is 0 Å². The molecule has 0 saturated carbocycles. The van der Waals surface area contributed by atoms with Crippen LogP contribution in [0.4, 0.5) is 5.69 Å². The van der Waals surface area contributed by atoms with Crippen LogP contribution in [0.5, 0.6) is 11.5 Å². The molecule has 0 fully saturated rings. The third-order valence-electron chi connectivity index (χ3n) is 3.65. The van der Waals surface area contributed by atoms with Crippen LogP contribution in [0, 0.1) is 6.92 Å². The molecule has 0 aliphatic heterocycles. The molecular formula is C20H23NO5. The van der Waals surface area contributed by atoms with Crippen molar-refractivity contribution < 1.29 is 23.8 Å². The molecule has 6 heteroatoms. The first-order chi connectivity index (χ1) is 12.4. The van der Waals surface area contributed by atoms with Gasteiger partial charge in [0.15, 0.2) is 6.10 Å². The number of nitrogens with one attached hydrogen (secondary N) is 1. The number of hydrogen-bond acceptors (Lipinski definition) is 5. The zero-order valence-corrected chi connectivity index (χ0v) is 15.4. The van der Waals surface area contributed by atoms with Crippen molar-refractivity contribution in [3.63, 3.8) is 0 Å². The number of amides is 1. The molecule has 0 saturated heterocycles. The van der Waals surface area contributed by atoms with E-state index in [0.29, 0.717) is 29.4 Å². The number of benzene rings is 2. The predicted molar refractivity (Wildman–Crippen MR) is 98.8 cm³/mol. The summed E-state index contributed by atoms with van der Waals surface area (Å²) in [5, 5.41) is 2.83. The first-order valence-electron chi connectivity index (χ1n) is 8.34. The van der Waals surface area contributed by atoms with E-state index >= 15 is 0 Å². The highest BCUT2D eigenvalue weighted by molar-refractivity contribution is 6.05. The van der Waals surface area contributed by atoms with E-state index in [0.717, 1.165) is 5.56 Å². The van der Waals surface area contributed by atoms with Crippen LogP contribution in [0.3, 0.4) is 0 Å². The number of esters is 1. The van der Waals surface area contributed by atoms with Gasteiger partial charge in [-0.1, -0.05) is 6.07 Å². The Bertz CT molecular complexity index is 770. The van der Waals surface area contributed by atoms with Gasteiger partial charge in [0.25, 0.3) is 5.91 Å². The molecule has 1 amide bonds. The summed E-state index contributed by atoms with van der Waals surface area (Å²) < 4.78 is 15.7. The van der Waals surface area contributed by atoms with Crippen molar-refractivity contribution in [3.8, 4) is 11.5 Å². The highest BCUT2D eigenvalue weighted by Gasteiger charge is 2.16. The van der Waals surface area contributed by atoms with Gasteiger partial charge in [0.05, 0.1) is 19.4 Å². The molecule has 0 aliphatic carbocycles. The van der Waals surface area contributed by atoms with Gasteiger partial charge in [0.1, 0.15) is 11.5 Å².